The van der Waals surface area contributed by atoms with Crippen LogP contribution in [0, 0.1) is 23.7 Å². The molecule has 2 aliphatic carbocycles. The largest absolute Gasteiger partial charge is 0.481 e. The fourth-order valence-electron chi connectivity index (χ4n) is 3.88. The highest BCUT2D eigenvalue weighted by Crippen LogP contribution is 2.48. The minimum absolute atomic E-state index is 0.00432. The molecule has 0 aliphatic heterocycles. The van der Waals surface area contributed by atoms with Gasteiger partial charge in [-0.3, -0.25) is 9.59 Å². The quantitative estimate of drug-likeness (QED) is 0.790. The lowest BCUT2D eigenvalue weighted by Gasteiger charge is -2.23. The number of carboxylic acids is 1. The second-order valence-corrected chi connectivity index (χ2v) is 6.63. The van der Waals surface area contributed by atoms with E-state index in [1.54, 1.807) is 0 Å². The number of carbonyl (C=O) groups is 2. The number of allylic oxidation sites excluding steroid dienone is 2. The topological polar surface area (TPSA) is 66.4 Å². The maximum atomic E-state index is 12.6. The Morgan fingerprint density at radius 3 is 2.39 bits per heavy atom. The van der Waals surface area contributed by atoms with Crippen LogP contribution in [0.3, 0.4) is 0 Å². The van der Waals surface area contributed by atoms with Gasteiger partial charge >= 0.3 is 5.97 Å². The van der Waals surface area contributed by atoms with Crippen LogP contribution in [-0.2, 0) is 16.0 Å². The van der Waals surface area contributed by atoms with Gasteiger partial charge in [-0.05, 0) is 48.8 Å². The molecule has 0 aromatic heterocycles. The van der Waals surface area contributed by atoms with E-state index in [1.165, 1.54) is 5.56 Å². The summed E-state index contributed by atoms with van der Waals surface area (Å²) in [5.41, 5.74) is 2.00. The Balaban J connectivity index is 1.67. The minimum atomic E-state index is -0.864. The molecule has 1 aromatic rings. The molecule has 1 saturated carbocycles. The molecule has 1 fully saturated rings. The van der Waals surface area contributed by atoms with E-state index in [0.717, 1.165) is 31.4 Å². The average molecular weight is 313 g/mol. The summed E-state index contributed by atoms with van der Waals surface area (Å²) in [6, 6.07) is 7.87. The number of hydrogen-bond acceptors (Lipinski definition) is 2. The van der Waals surface area contributed by atoms with Crippen LogP contribution in [0.2, 0.25) is 0 Å². The number of aryl methyl sites for hydroxylation is 1. The predicted octanol–water partition coefficient (Wildman–Crippen LogP) is 3.49. The van der Waals surface area contributed by atoms with E-state index in [9.17, 15) is 14.7 Å². The maximum absolute atomic E-state index is 12.6. The number of rotatable bonds is 6. The Morgan fingerprint density at radius 2 is 1.78 bits per heavy atom. The third-order valence-corrected chi connectivity index (χ3v) is 5.09. The lowest BCUT2D eigenvalue weighted by Crippen LogP contribution is -2.36. The van der Waals surface area contributed by atoms with Crippen LogP contribution >= 0.6 is 0 Å². The highest BCUT2D eigenvalue weighted by Gasteiger charge is 2.51. The molecule has 2 aliphatic rings. The van der Waals surface area contributed by atoms with E-state index < -0.39 is 17.8 Å². The number of hydrogen-bond donors (Lipinski definition) is 2. The van der Waals surface area contributed by atoms with Gasteiger partial charge in [-0.1, -0.05) is 37.6 Å². The van der Waals surface area contributed by atoms with Gasteiger partial charge in [0.25, 0.3) is 0 Å². The van der Waals surface area contributed by atoms with Gasteiger partial charge in [0.1, 0.15) is 0 Å². The smallest absolute Gasteiger partial charge is 0.307 e. The van der Waals surface area contributed by atoms with Crippen LogP contribution in [0.1, 0.15) is 31.7 Å². The van der Waals surface area contributed by atoms with Crippen molar-refractivity contribution in [3.8, 4) is 0 Å². The molecule has 2 N–H and O–H groups in total. The highest BCUT2D eigenvalue weighted by atomic mass is 16.4. The first-order chi connectivity index (χ1) is 11.1. The molecular weight excluding hydrogens is 290 g/mol. The first-order valence-corrected chi connectivity index (χ1v) is 8.41. The summed E-state index contributed by atoms with van der Waals surface area (Å²) < 4.78 is 0. The second-order valence-electron chi connectivity index (χ2n) is 6.63. The van der Waals surface area contributed by atoms with E-state index in [2.05, 4.69) is 12.2 Å². The maximum Gasteiger partial charge on any atom is 0.307 e. The van der Waals surface area contributed by atoms with Gasteiger partial charge in [0.05, 0.1) is 11.8 Å². The molecule has 0 saturated heterocycles. The van der Waals surface area contributed by atoms with Gasteiger partial charge in [-0.15, -0.1) is 0 Å². The van der Waals surface area contributed by atoms with Crippen molar-refractivity contribution in [1.82, 2.24) is 0 Å². The summed E-state index contributed by atoms with van der Waals surface area (Å²) in [6.07, 6.45) is 8.10. The van der Waals surface area contributed by atoms with Crippen LogP contribution in [0.5, 0.6) is 0 Å². The summed E-state index contributed by atoms with van der Waals surface area (Å²) in [5, 5.41) is 12.3. The van der Waals surface area contributed by atoms with Gasteiger partial charge < -0.3 is 10.4 Å². The zero-order chi connectivity index (χ0) is 16.4. The SMILES string of the molecule is CCCCc1ccc(NC(=O)[C@H]2[C@@H](C(=O)O)[C@H]3C=C[C@@H]2C3)cc1. The van der Waals surface area contributed by atoms with Crippen molar-refractivity contribution < 1.29 is 14.7 Å². The average Bonchev–Trinajstić information content (AvgIpc) is 3.15. The van der Waals surface area contributed by atoms with Gasteiger partial charge in [0.15, 0.2) is 0 Å². The van der Waals surface area contributed by atoms with Crippen LogP contribution in [0.25, 0.3) is 0 Å². The molecule has 1 aromatic carbocycles. The number of nitrogens with one attached hydrogen (secondary N) is 1. The highest BCUT2D eigenvalue weighted by molar-refractivity contribution is 5.96. The number of carbonyl (C=O) groups excluding carboxylic acids is 1. The van der Waals surface area contributed by atoms with Gasteiger partial charge in [-0.2, -0.15) is 0 Å². The molecule has 122 valence electrons. The molecule has 3 rings (SSSR count). The first kappa shape index (κ1) is 15.8. The minimum Gasteiger partial charge on any atom is -0.481 e. The van der Waals surface area contributed by atoms with Gasteiger partial charge in [0.2, 0.25) is 5.91 Å². The van der Waals surface area contributed by atoms with Crippen molar-refractivity contribution in [2.45, 2.75) is 32.6 Å². The number of amides is 1. The zero-order valence-corrected chi connectivity index (χ0v) is 13.4. The Bertz CT molecular complexity index is 620. The summed E-state index contributed by atoms with van der Waals surface area (Å²) >= 11 is 0. The van der Waals surface area contributed by atoms with E-state index in [0.29, 0.717) is 0 Å². The van der Waals surface area contributed by atoms with Crippen LogP contribution in [-0.4, -0.2) is 17.0 Å². The van der Waals surface area contributed by atoms with Crippen molar-refractivity contribution >= 4 is 17.6 Å². The standard InChI is InChI=1S/C19H23NO3/c1-2-3-4-12-5-9-15(10-6-12)20-18(21)16-13-7-8-14(11-13)17(16)19(22)23/h5-10,13-14,16-17H,2-4,11H2,1H3,(H,20,21)(H,22,23)/t13-,14+,16-,17+/m1/s1. The van der Waals surface area contributed by atoms with Crippen LogP contribution < -0.4 is 5.32 Å². The third kappa shape index (κ3) is 3.16. The molecule has 4 atom stereocenters. The number of fused-ring (bicyclic) bond motifs is 2. The fraction of sp³-hybridized carbons (Fsp3) is 0.474. The number of benzene rings is 1. The lowest BCUT2D eigenvalue weighted by atomic mass is 9.82. The third-order valence-electron chi connectivity index (χ3n) is 5.09. The molecule has 0 unspecified atom stereocenters. The van der Waals surface area contributed by atoms with Crippen LogP contribution in [0.15, 0.2) is 36.4 Å². The Labute approximate surface area is 136 Å². The van der Waals surface area contributed by atoms with E-state index in [-0.39, 0.29) is 17.7 Å². The molecular formula is C19H23NO3. The van der Waals surface area contributed by atoms with Crippen molar-refractivity contribution in [3.05, 3.63) is 42.0 Å². The first-order valence-electron chi connectivity index (χ1n) is 8.41. The molecule has 0 spiro atoms. The predicted molar refractivity (Wildman–Crippen MR) is 89.0 cm³/mol. The van der Waals surface area contributed by atoms with Gasteiger partial charge in [0, 0.05) is 5.69 Å². The molecule has 2 bridgehead atoms. The summed E-state index contributed by atoms with van der Waals surface area (Å²) in [7, 11) is 0. The summed E-state index contributed by atoms with van der Waals surface area (Å²) in [5.74, 6) is -2.02. The number of carboxylic acid groups (broad SMARTS) is 1. The fourth-order valence-corrected chi connectivity index (χ4v) is 3.88. The summed E-state index contributed by atoms with van der Waals surface area (Å²) in [6.45, 7) is 2.16. The number of aliphatic carboxylic acids is 1. The van der Waals surface area contributed by atoms with Crippen molar-refractivity contribution in [2.75, 3.05) is 5.32 Å². The van der Waals surface area contributed by atoms with Crippen LogP contribution in [0.4, 0.5) is 5.69 Å². The molecule has 1 amide bonds. The van der Waals surface area contributed by atoms with Crippen molar-refractivity contribution in [1.29, 1.82) is 0 Å². The Kier molecular flexibility index (Phi) is 4.51. The molecule has 0 radical (unpaired) electrons. The molecule has 23 heavy (non-hydrogen) atoms. The number of unbranched alkanes of at least 4 members (excludes halogenated alkanes) is 1. The molecule has 0 heterocycles. The second kappa shape index (κ2) is 6.57. The van der Waals surface area contributed by atoms with Gasteiger partial charge in [-0.25, -0.2) is 0 Å². The Morgan fingerprint density at radius 1 is 1.13 bits per heavy atom. The molecule has 4 nitrogen and oxygen atoms in total. The monoisotopic (exact) mass is 313 g/mol. The number of anilines is 1. The summed E-state index contributed by atoms with van der Waals surface area (Å²) in [4.78, 5) is 24.1. The van der Waals surface area contributed by atoms with E-state index in [4.69, 9.17) is 0 Å². The van der Waals surface area contributed by atoms with Crippen molar-refractivity contribution in [2.24, 2.45) is 23.7 Å². The normalized spacial score (nSPS) is 28.0. The zero-order valence-electron chi connectivity index (χ0n) is 13.4. The van der Waals surface area contributed by atoms with E-state index in [1.807, 2.05) is 36.4 Å². The Hall–Kier alpha value is -2.10. The lowest BCUT2D eigenvalue weighted by molar-refractivity contribution is -0.146. The molecule has 4 heteroatoms. The van der Waals surface area contributed by atoms with Crippen molar-refractivity contribution in [3.63, 3.8) is 0 Å². The van der Waals surface area contributed by atoms with E-state index >= 15 is 0 Å².